The van der Waals surface area contributed by atoms with Crippen LogP contribution in [0.1, 0.15) is 24.8 Å². The molecule has 1 saturated carbocycles. The number of ether oxygens (including phenoxy) is 2. The summed E-state index contributed by atoms with van der Waals surface area (Å²) in [5, 5.41) is 13.8. The van der Waals surface area contributed by atoms with Crippen LogP contribution in [-0.4, -0.2) is 40.8 Å². The summed E-state index contributed by atoms with van der Waals surface area (Å²) in [6.07, 6.45) is 4.43. The van der Waals surface area contributed by atoms with E-state index in [0.717, 1.165) is 35.7 Å². The van der Waals surface area contributed by atoms with Crippen LogP contribution in [0.5, 0.6) is 11.5 Å². The summed E-state index contributed by atoms with van der Waals surface area (Å²) >= 11 is 0. The summed E-state index contributed by atoms with van der Waals surface area (Å²) in [5.74, 6) is 3.24. The monoisotopic (exact) mass is 408 g/mol. The van der Waals surface area contributed by atoms with E-state index in [1.54, 1.807) is 10.7 Å². The fourth-order valence-electron chi connectivity index (χ4n) is 3.60. The van der Waals surface area contributed by atoms with Gasteiger partial charge in [0.1, 0.15) is 30.5 Å². The Morgan fingerprint density at radius 1 is 1.20 bits per heavy atom. The van der Waals surface area contributed by atoms with Crippen LogP contribution >= 0.6 is 0 Å². The Morgan fingerprint density at radius 3 is 2.83 bits per heavy atom. The molecule has 3 heterocycles. The van der Waals surface area contributed by atoms with Crippen LogP contribution < -0.4 is 25.4 Å². The average molecular weight is 408 g/mol. The second kappa shape index (κ2) is 7.40. The third-order valence-electron chi connectivity index (χ3n) is 5.22. The fraction of sp³-hybridized carbons (Fsp3) is 0.381. The number of rotatable bonds is 6. The Kier molecular flexibility index (Phi) is 4.57. The number of hydrogen-bond donors (Lipinski definition) is 3. The lowest BCUT2D eigenvalue weighted by molar-refractivity contribution is -0.116. The fourth-order valence-corrected chi connectivity index (χ4v) is 3.60. The van der Waals surface area contributed by atoms with Gasteiger partial charge in [0.15, 0.2) is 17.1 Å². The number of hydrogen-bond acceptors (Lipinski definition) is 7. The molecule has 1 fully saturated rings. The number of nitrogens with one attached hydrogen (secondary N) is 3. The zero-order chi connectivity index (χ0) is 20.7. The van der Waals surface area contributed by atoms with Crippen molar-refractivity contribution in [1.29, 1.82) is 0 Å². The van der Waals surface area contributed by atoms with Gasteiger partial charge in [0.2, 0.25) is 5.91 Å². The minimum atomic E-state index is -0.00290. The molecule has 2 aliphatic rings. The molecular formula is C21H24N6O3. The molecule has 0 atom stereocenters. The normalized spacial score (nSPS) is 15.1. The van der Waals surface area contributed by atoms with Crippen molar-refractivity contribution in [2.45, 2.75) is 26.2 Å². The van der Waals surface area contributed by atoms with Crippen LogP contribution in [0.3, 0.4) is 0 Å². The number of nitrogens with zero attached hydrogens (tertiary/aromatic N) is 3. The number of fused-ring (bicyclic) bond motifs is 2. The van der Waals surface area contributed by atoms with Crippen LogP contribution in [0, 0.1) is 12.8 Å². The maximum Gasteiger partial charge on any atom is 0.224 e. The zero-order valence-corrected chi connectivity index (χ0v) is 17.0. The molecule has 1 amide bonds. The molecule has 1 aliphatic carbocycles. The number of carbonyl (C=O) groups excluding carboxylic acids is 1. The Bertz CT molecular complexity index is 1120. The molecule has 3 N–H and O–H groups in total. The van der Waals surface area contributed by atoms with Crippen molar-refractivity contribution >= 4 is 34.6 Å². The van der Waals surface area contributed by atoms with E-state index in [4.69, 9.17) is 14.5 Å². The molecule has 1 aromatic carbocycles. The first kappa shape index (κ1) is 18.5. The number of aryl methyl sites for hydroxylation is 1. The van der Waals surface area contributed by atoms with Crippen molar-refractivity contribution in [3.8, 4) is 11.5 Å². The molecule has 0 radical (unpaired) electrons. The lowest BCUT2D eigenvalue weighted by Gasteiger charge is -2.22. The molecule has 30 heavy (non-hydrogen) atoms. The van der Waals surface area contributed by atoms with E-state index in [9.17, 15) is 4.79 Å². The molecule has 2 aromatic heterocycles. The maximum atomic E-state index is 12.3. The van der Waals surface area contributed by atoms with E-state index in [0.29, 0.717) is 48.5 Å². The zero-order valence-electron chi connectivity index (χ0n) is 17.0. The van der Waals surface area contributed by atoms with Crippen molar-refractivity contribution in [3.63, 3.8) is 0 Å². The van der Waals surface area contributed by atoms with Crippen molar-refractivity contribution in [2.75, 3.05) is 36.2 Å². The van der Waals surface area contributed by atoms with E-state index < -0.39 is 0 Å². The van der Waals surface area contributed by atoms with Crippen molar-refractivity contribution in [3.05, 3.63) is 30.0 Å². The lowest BCUT2D eigenvalue weighted by Crippen LogP contribution is -2.16. The molecule has 0 bridgehead atoms. The van der Waals surface area contributed by atoms with Crippen LogP contribution in [0.15, 0.2) is 24.4 Å². The molecule has 0 unspecified atom stereocenters. The summed E-state index contributed by atoms with van der Waals surface area (Å²) in [6, 6.07) is 5.81. The predicted molar refractivity (Wildman–Crippen MR) is 114 cm³/mol. The summed E-state index contributed by atoms with van der Waals surface area (Å²) in [7, 11) is 1.82. The Labute approximate surface area is 173 Å². The number of carbonyl (C=O) groups is 1. The number of benzene rings is 1. The van der Waals surface area contributed by atoms with Gasteiger partial charge in [0.05, 0.1) is 11.9 Å². The second-order valence-corrected chi connectivity index (χ2v) is 7.73. The van der Waals surface area contributed by atoms with Crippen LogP contribution in [0.25, 0.3) is 5.65 Å². The van der Waals surface area contributed by atoms with Gasteiger partial charge in [-0.2, -0.15) is 9.61 Å². The van der Waals surface area contributed by atoms with E-state index >= 15 is 0 Å². The first-order valence-electron chi connectivity index (χ1n) is 10.1. The smallest absolute Gasteiger partial charge is 0.224 e. The lowest BCUT2D eigenvalue weighted by atomic mass is 10.1. The first-order chi connectivity index (χ1) is 14.6. The van der Waals surface area contributed by atoms with Crippen LogP contribution in [0.4, 0.5) is 23.0 Å². The van der Waals surface area contributed by atoms with E-state index in [2.05, 4.69) is 21.0 Å². The largest absolute Gasteiger partial charge is 0.486 e. The highest BCUT2D eigenvalue weighted by Crippen LogP contribution is 2.40. The van der Waals surface area contributed by atoms with Gasteiger partial charge in [0.25, 0.3) is 0 Å². The topological polar surface area (TPSA) is 102 Å². The van der Waals surface area contributed by atoms with Crippen LogP contribution in [-0.2, 0) is 4.79 Å². The van der Waals surface area contributed by atoms with Gasteiger partial charge in [-0.05, 0) is 43.4 Å². The van der Waals surface area contributed by atoms with E-state index in [1.165, 1.54) is 0 Å². The molecule has 3 aromatic rings. The molecule has 156 valence electrons. The molecule has 9 nitrogen and oxygen atoms in total. The van der Waals surface area contributed by atoms with Crippen LogP contribution in [0.2, 0.25) is 0 Å². The van der Waals surface area contributed by atoms with Crippen molar-refractivity contribution in [2.24, 2.45) is 5.92 Å². The van der Waals surface area contributed by atoms with Gasteiger partial charge in [-0.1, -0.05) is 0 Å². The molecule has 0 spiro atoms. The standard InChI is InChI=1S/C21H24N6O3/c1-12-7-14(20-16(8-12)29-5-6-30-20)24-17-10-18(22-2)27-21(26-17)15(11-23-27)25-19(28)9-13-3-4-13/h7-8,10-11,13,22H,3-6,9H2,1-2H3,(H,24,26)(H,25,28). The molecule has 5 rings (SSSR count). The molecule has 1 aliphatic heterocycles. The molecular weight excluding hydrogens is 384 g/mol. The maximum absolute atomic E-state index is 12.3. The SMILES string of the molecule is CNc1cc(Nc2cc(C)cc3c2OCCO3)nc2c(NC(=O)CC3CC3)cnn12. The summed E-state index contributed by atoms with van der Waals surface area (Å²) in [6.45, 7) is 3.03. The number of anilines is 4. The van der Waals surface area contributed by atoms with Gasteiger partial charge in [-0.3, -0.25) is 4.79 Å². The van der Waals surface area contributed by atoms with E-state index in [1.807, 2.05) is 32.2 Å². The predicted octanol–water partition coefficient (Wildman–Crippen LogP) is 3.33. The Hall–Kier alpha value is -3.49. The van der Waals surface area contributed by atoms with Gasteiger partial charge >= 0.3 is 0 Å². The highest BCUT2D eigenvalue weighted by atomic mass is 16.6. The third kappa shape index (κ3) is 3.58. The molecule has 0 saturated heterocycles. The number of amides is 1. The Morgan fingerprint density at radius 2 is 2.03 bits per heavy atom. The van der Waals surface area contributed by atoms with Crippen molar-refractivity contribution in [1.82, 2.24) is 14.6 Å². The van der Waals surface area contributed by atoms with Gasteiger partial charge in [-0.15, -0.1) is 0 Å². The van der Waals surface area contributed by atoms with Crippen molar-refractivity contribution < 1.29 is 14.3 Å². The summed E-state index contributed by atoms with van der Waals surface area (Å²) in [4.78, 5) is 17.0. The minimum absolute atomic E-state index is 0.00290. The van der Waals surface area contributed by atoms with Gasteiger partial charge < -0.3 is 25.4 Å². The number of aromatic nitrogens is 3. The summed E-state index contributed by atoms with van der Waals surface area (Å²) < 4.78 is 13.2. The minimum Gasteiger partial charge on any atom is -0.486 e. The third-order valence-corrected chi connectivity index (χ3v) is 5.22. The van der Waals surface area contributed by atoms with E-state index in [-0.39, 0.29) is 5.91 Å². The second-order valence-electron chi connectivity index (χ2n) is 7.73. The van der Waals surface area contributed by atoms with Gasteiger partial charge in [0, 0.05) is 19.5 Å². The quantitative estimate of drug-likeness (QED) is 0.575. The molecule has 9 heteroatoms. The summed E-state index contributed by atoms with van der Waals surface area (Å²) in [5.41, 5.74) is 2.98. The average Bonchev–Trinajstić information content (AvgIpc) is 3.46. The first-order valence-corrected chi connectivity index (χ1v) is 10.1. The highest BCUT2D eigenvalue weighted by Gasteiger charge is 2.25. The highest BCUT2D eigenvalue weighted by molar-refractivity contribution is 5.94. The Balaban J connectivity index is 1.49. The van der Waals surface area contributed by atoms with Gasteiger partial charge in [-0.25, -0.2) is 4.98 Å².